The number of amides is 1. The third kappa shape index (κ3) is 6.60. The number of methoxy groups -OCH3 is 1. The third-order valence-corrected chi connectivity index (χ3v) is 3.32. The highest BCUT2D eigenvalue weighted by molar-refractivity contribution is 6.26. The van der Waals surface area contributed by atoms with Gasteiger partial charge in [0, 0.05) is 6.42 Å². The van der Waals surface area contributed by atoms with Crippen molar-refractivity contribution >= 4 is 23.9 Å². The zero-order valence-electron chi connectivity index (χ0n) is 14.9. The zero-order chi connectivity index (χ0) is 19.7. The molecule has 1 aromatic rings. The molecule has 9 heteroatoms. The second-order valence-corrected chi connectivity index (χ2v) is 5.72. The monoisotopic (exact) mass is 365 g/mol. The topological polar surface area (TPSA) is 139 Å². The van der Waals surface area contributed by atoms with Crippen molar-refractivity contribution in [1.82, 2.24) is 10.3 Å². The maximum atomic E-state index is 12.2. The minimum Gasteiger partial charge on any atom is -0.495 e. The number of nitrogens with one attached hydrogen (secondary N) is 2. The van der Waals surface area contributed by atoms with Gasteiger partial charge < -0.3 is 25.3 Å². The summed E-state index contributed by atoms with van der Waals surface area (Å²) in [4.78, 5) is 39.6. The first-order chi connectivity index (χ1) is 12.3. The quantitative estimate of drug-likeness (QED) is 0.407. The van der Waals surface area contributed by atoms with Gasteiger partial charge in [-0.1, -0.05) is 0 Å². The van der Waals surface area contributed by atoms with Crippen molar-refractivity contribution in [3.63, 3.8) is 0 Å². The first-order valence-corrected chi connectivity index (χ1v) is 8.00. The number of ether oxygens (including phenoxy) is 2. The molecule has 0 saturated carbocycles. The summed E-state index contributed by atoms with van der Waals surface area (Å²) in [5, 5.41) is 19.4. The molecule has 0 bridgehead atoms. The molecule has 0 aliphatic carbocycles. The van der Waals surface area contributed by atoms with E-state index in [9.17, 15) is 19.5 Å². The molecular formula is C17H23N3O6. The maximum Gasteiger partial charge on any atom is 0.328 e. The number of aromatic nitrogens is 1. The SMILES string of the molecule is COc1ccc([C@H](O)C(=O)N[C@@H](CCC(=O)C=N)C(=O)OC(C)C)nc1. The van der Waals surface area contributed by atoms with Crippen LogP contribution in [0.25, 0.3) is 0 Å². The Bertz CT molecular complexity index is 644. The van der Waals surface area contributed by atoms with Crippen LogP contribution in [0, 0.1) is 5.41 Å². The van der Waals surface area contributed by atoms with E-state index in [1.165, 1.54) is 25.4 Å². The number of ketones is 1. The van der Waals surface area contributed by atoms with E-state index in [4.69, 9.17) is 14.9 Å². The van der Waals surface area contributed by atoms with E-state index >= 15 is 0 Å². The number of aliphatic hydroxyl groups excluding tert-OH is 1. The van der Waals surface area contributed by atoms with Crippen LogP contribution < -0.4 is 10.1 Å². The molecule has 3 N–H and O–H groups in total. The van der Waals surface area contributed by atoms with Gasteiger partial charge in [-0.2, -0.15) is 0 Å². The summed E-state index contributed by atoms with van der Waals surface area (Å²) < 4.78 is 10.0. The van der Waals surface area contributed by atoms with E-state index in [1.807, 2.05) is 0 Å². The van der Waals surface area contributed by atoms with E-state index in [0.29, 0.717) is 12.0 Å². The Kier molecular flexibility index (Phi) is 8.36. The van der Waals surface area contributed by atoms with Crippen molar-refractivity contribution < 1.29 is 29.0 Å². The smallest absolute Gasteiger partial charge is 0.328 e. The predicted octanol–water partition coefficient (Wildman–Crippen LogP) is 0.559. The number of hydrogen-bond donors (Lipinski definition) is 3. The van der Waals surface area contributed by atoms with E-state index < -0.39 is 35.9 Å². The Morgan fingerprint density at radius 1 is 1.35 bits per heavy atom. The van der Waals surface area contributed by atoms with Crippen LogP contribution in [0.3, 0.4) is 0 Å². The summed E-state index contributed by atoms with van der Waals surface area (Å²) in [6, 6.07) is 1.83. The van der Waals surface area contributed by atoms with Gasteiger partial charge in [0.15, 0.2) is 11.9 Å². The van der Waals surface area contributed by atoms with Gasteiger partial charge in [-0.15, -0.1) is 0 Å². The minimum absolute atomic E-state index is 0.0474. The van der Waals surface area contributed by atoms with Gasteiger partial charge >= 0.3 is 5.97 Å². The molecule has 0 spiro atoms. The molecule has 0 aliphatic rings. The van der Waals surface area contributed by atoms with Crippen molar-refractivity contribution in [2.24, 2.45) is 0 Å². The zero-order valence-corrected chi connectivity index (χ0v) is 14.9. The molecular weight excluding hydrogens is 342 g/mol. The number of nitrogens with zero attached hydrogens (tertiary/aromatic N) is 1. The highest BCUT2D eigenvalue weighted by Gasteiger charge is 2.28. The molecule has 1 heterocycles. The highest BCUT2D eigenvalue weighted by atomic mass is 16.5. The fraction of sp³-hybridized carbons (Fsp3) is 0.471. The Hall–Kier alpha value is -2.81. The lowest BCUT2D eigenvalue weighted by atomic mass is 10.1. The number of rotatable bonds is 10. The van der Waals surface area contributed by atoms with Crippen LogP contribution in [0.2, 0.25) is 0 Å². The first kappa shape index (κ1) is 21.2. The van der Waals surface area contributed by atoms with E-state index in [2.05, 4.69) is 10.3 Å². The van der Waals surface area contributed by atoms with Gasteiger partial charge in [-0.25, -0.2) is 4.79 Å². The van der Waals surface area contributed by atoms with Crippen molar-refractivity contribution in [2.45, 2.75) is 44.9 Å². The fourth-order valence-electron chi connectivity index (χ4n) is 1.98. The van der Waals surface area contributed by atoms with Crippen LogP contribution in [0.5, 0.6) is 5.75 Å². The predicted molar refractivity (Wildman–Crippen MR) is 91.9 cm³/mol. The van der Waals surface area contributed by atoms with Crippen LogP contribution in [0.4, 0.5) is 0 Å². The molecule has 0 aromatic carbocycles. The third-order valence-electron chi connectivity index (χ3n) is 3.32. The first-order valence-electron chi connectivity index (χ1n) is 8.00. The van der Waals surface area contributed by atoms with E-state index in [1.54, 1.807) is 13.8 Å². The summed E-state index contributed by atoms with van der Waals surface area (Å²) in [5.74, 6) is -1.60. The summed E-state index contributed by atoms with van der Waals surface area (Å²) in [6.07, 6.45) is -0.184. The van der Waals surface area contributed by atoms with Crippen LogP contribution in [-0.4, -0.2) is 53.2 Å². The molecule has 0 unspecified atom stereocenters. The Morgan fingerprint density at radius 3 is 2.54 bits per heavy atom. The molecule has 0 radical (unpaired) electrons. The van der Waals surface area contributed by atoms with Gasteiger partial charge in [0.2, 0.25) is 0 Å². The van der Waals surface area contributed by atoms with Gasteiger partial charge in [0.1, 0.15) is 11.8 Å². The molecule has 26 heavy (non-hydrogen) atoms. The Morgan fingerprint density at radius 2 is 2.04 bits per heavy atom. The molecule has 1 aromatic heterocycles. The number of carbonyl (C=O) groups excluding carboxylic acids is 3. The van der Waals surface area contributed by atoms with Crippen LogP contribution >= 0.6 is 0 Å². The summed E-state index contributed by atoms with van der Waals surface area (Å²) in [6.45, 7) is 3.30. The number of esters is 1. The normalized spacial score (nSPS) is 12.8. The molecule has 2 atom stereocenters. The summed E-state index contributed by atoms with van der Waals surface area (Å²) in [5.41, 5.74) is 0.0786. The van der Waals surface area contributed by atoms with E-state index in [-0.39, 0.29) is 18.5 Å². The van der Waals surface area contributed by atoms with Crippen LogP contribution in [0.1, 0.15) is 38.5 Å². The number of carbonyl (C=O) groups is 3. The molecule has 142 valence electrons. The van der Waals surface area contributed by atoms with Crippen molar-refractivity contribution in [1.29, 1.82) is 5.41 Å². The largest absolute Gasteiger partial charge is 0.495 e. The molecule has 1 amide bonds. The number of pyridine rings is 1. The van der Waals surface area contributed by atoms with E-state index in [0.717, 1.165) is 0 Å². The summed E-state index contributed by atoms with van der Waals surface area (Å²) in [7, 11) is 1.46. The van der Waals surface area contributed by atoms with Gasteiger partial charge in [0.05, 0.1) is 31.3 Å². The van der Waals surface area contributed by atoms with Gasteiger partial charge in [-0.3, -0.25) is 14.6 Å². The number of aliphatic hydroxyl groups is 1. The lowest BCUT2D eigenvalue weighted by Gasteiger charge is -2.20. The average Bonchev–Trinajstić information content (AvgIpc) is 2.63. The number of hydrogen-bond acceptors (Lipinski definition) is 8. The number of Topliss-reactive ketones (excluding diaryl/α,β-unsaturated/α-hetero) is 1. The van der Waals surface area contributed by atoms with Crippen LogP contribution in [-0.2, 0) is 19.1 Å². The Balaban J connectivity index is 2.82. The van der Waals surface area contributed by atoms with Crippen molar-refractivity contribution in [3.8, 4) is 5.75 Å². The second kappa shape index (κ2) is 10.2. The van der Waals surface area contributed by atoms with Crippen LogP contribution in [0.15, 0.2) is 18.3 Å². The molecule has 0 fully saturated rings. The average molecular weight is 365 g/mol. The van der Waals surface area contributed by atoms with Gasteiger partial charge in [0.25, 0.3) is 5.91 Å². The molecule has 9 nitrogen and oxygen atoms in total. The molecule has 0 aliphatic heterocycles. The lowest BCUT2D eigenvalue weighted by Crippen LogP contribution is -2.45. The molecule has 0 saturated heterocycles. The summed E-state index contributed by atoms with van der Waals surface area (Å²) >= 11 is 0. The van der Waals surface area contributed by atoms with Gasteiger partial charge in [-0.05, 0) is 32.4 Å². The standard InChI is InChI=1S/C17H23N3O6/c1-10(2)26-17(24)14(6-4-11(21)8-18)20-16(23)15(22)13-7-5-12(25-3)9-19-13/h5,7-10,14-15,18,22H,4,6H2,1-3H3,(H,20,23)/t14-,15-/m0/s1. The second-order valence-electron chi connectivity index (χ2n) is 5.72. The highest BCUT2D eigenvalue weighted by Crippen LogP contribution is 2.15. The molecule has 1 rings (SSSR count). The Labute approximate surface area is 151 Å². The maximum absolute atomic E-state index is 12.2. The van der Waals surface area contributed by atoms with Crippen molar-refractivity contribution in [3.05, 3.63) is 24.0 Å². The minimum atomic E-state index is -1.60. The fourth-order valence-corrected chi connectivity index (χ4v) is 1.98. The lowest BCUT2D eigenvalue weighted by molar-refractivity contribution is -0.152. The van der Waals surface area contributed by atoms with Crippen molar-refractivity contribution in [2.75, 3.05) is 7.11 Å².